The van der Waals surface area contributed by atoms with E-state index in [9.17, 15) is 13.2 Å². The zero-order valence-electron chi connectivity index (χ0n) is 18.5. The number of carbonyl (C=O) groups excluding carboxylic acids is 1. The molecule has 0 atom stereocenters. The Hall–Kier alpha value is -2.12. The van der Waals surface area contributed by atoms with Gasteiger partial charge in [0, 0.05) is 46.8 Å². The number of nitrogens with one attached hydrogen (secondary N) is 1. The van der Waals surface area contributed by atoms with Crippen molar-refractivity contribution < 1.29 is 17.6 Å². The Kier molecular flexibility index (Phi) is 9.52. The quantitative estimate of drug-likeness (QED) is 0.322. The minimum atomic E-state index is -3.55. The second kappa shape index (κ2) is 11.7. The van der Waals surface area contributed by atoms with Crippen LogP contribution in [0.2, 0.25) is 0 Å². The summed E-state index contributed by atoms with van der Waals surface area (Å²) in [5.41, 5.74) is 0.637. The first-order chi connectivity index (χ1) is 14.8. The number of benzene rings is 1. The molecule has 1 aromatic heterocycles. The van der Waals surface area contributed by atoms with E-state index in [1.54, 1.807) is 35.2 Å². The lowest BCUT2D eigenvalue weighted by Crippen LogP contribution is -2.53. The van der Waals surface area contributed by atoms with E-state index in [1.165, 1.54) is 24.7 Å². The number of nitrogens with zero attached hydrogens (tertiary/aromatic N) is 4. The second-order valence-electron chi connectivity index (χ2n) is 7.32. The highest BCUT2D eigenvalue weighted by atomic mass is 127. The van der Waals surface area contributed by atoms with Crippen LogP contribution in [0.25, 0.3) is 0 Å². The van der Waals surface area contributed by atoms with Crippen LogP contribution in [-0.4, -0.2) is 81.2 Å². The molecule has 1 N–H and O–H groups in total. The maximum Gasteiger partial charge on any atom is 0.289 e. The van der Waals surface area contributed by atoms with Crippen LogP contribution in [0.4, 0.5) is 0 Å². The molecule has 0 radical (unpaired) electrons. The molecule has 1 amide bonds. The average molecular weight is 575 g/mol. The van der Waals surface area contributed by atoms with Gasteiger partial charge in [-0.05, 0) is 30.7 Å². The zero-order valence-corrected chi connectivity index (χ0v) is 21.7. The molecule has 1 fully saturated rings. The van der Waals surface area contributed by atoms with Gasteiger partial charge in [0.15, 0.2) is 11.7 Å². The van der Waals surface area contributed by atoms with Crippen LogP contribution in [0.3, 0.4) is 0 Å². The van der Waals surface area contributed by atoms with Gasteiger partial charge < -0.3 is 19.5 Å². The van der Waals surface area contributed by atoms with Gasteiger partial charge in [-0.25, -0.2) is 17.7 Å². The number of rotatable bonds is 6. The summed E-state index contributed by atoms with van der Waals surface area (Å²) in [4.78, 5) is 21.3. The monoisotopic (exact) mass is 575 g/mol. The first-order valence-corrected chi connectivity index (χ1v) is 11.6. The highest BCUT2D eigenvalue weighted by molar-refractivity contribution is 14.0. The van der Waals surface area contributed by atoms with Crippen molar-refractivity contribution in [2.24, 2.45) is 4.99 Å². The van der Waals surface area contributed by atoms with E-state index in [-0.39, 0.29) is 41.3 Å². The third-order valence-electron chi connectivity index (χ3n) is 5.06. The van der Waals surface area contributed by atoms with Crippen molar-refractivity contribution in [1.82, 2.24) is 19.4 Å². The van der Waals surface area contributed by atoms with Gasteiger partial charge in [-0.2, -0.15) is 0 Å². The van der Waals surface area contributed by atoms with Gasteiger partial charge in [0.05, 0.1) is 17.7 Å². The van der Waals surface area contributed by atoms with Gasteiger partial charge in [0.2, 0.25) is 10.0 Å². The van der Waals surface area contributed by atoms with Gasteiger partial charge >= 0.3 is 0 Å². The molecular weight excluding hydrogens is 545 g/mol. The van der Waals surface area contributed by atoms with Crippen molar-refractivity contribution in [3.8, 4) is 0 Å². The minimum absolute atomic E-state index is 0. The smallest absolute Gasteiger partial charge is 0.289 e. The Morgan fingerprint density at radius 2 is 1.75 bits per heavy atom. The molecule has 0 aliphatic carbocycles. The second-order valence-corrected chi connectivity index (χ2v) is 9.44. The molecule has 1 aromatic carbocycles. The molecule has 9 nitrogen and oxygen atoms in total. The molecule has 1 aliphatic heterocycles. The topological polar surface area (TPSA) is 98.5 Å². The summed E-state index contributed by atoms with van der Waals surface area (Å²) in [6.45, 7) is 5.24. The zero-order chi connectivity index (χ0) is 22.4. The number of piperazine rings is 1. The highest BCUT2D eigenvalue weighted by Crippen LogP contribution is 2.19. The Labute approximate surface area is 206 Å². The molecule has 0 bridgehead atoms. The average Bonchev–Trinajstić information content (AvgIpc) is 3.31. The van der Waals surface area contributed by atoms with Crippen LogP contribution >= 0.6 is 24.0 Å². The predicted molar refractivity (Wildman–Crippen MR) is 134 cm³/mol. The van der Waals surface area contributed by atoms with Crippen molar-refractivity contribution in [2.45, 2.75) is 18.4 Å². The molecule has 11 heteroatoms. The van der Waals surface area contributed by atoms with Gasteiger partial charge in [0.25, 0.3) is 5.91 Å². The van der Waals surface area contributed by atoms with E-state index >= 15 is 0 Å². The lowest BCUT2D eigenvalue weighted by Gasteiger charge is -2.36. The van der Waals surface area contributed by atoms with Crippen molar-refractivity contribution >= 4 is 45.9 Å². The number of aliphatic imine (C=N–C) groups is 1. The normalized spacial score (nSPS) is 14.9. The molecule has 176 valence electrons. The van der Waals surface area contributed by atoms with Crippen molar-refractivity contribution in [3.63, 3.8) is 0 Å². The van der Waals surface area contributed by atoms with Crippen LogP contribution in [-0.2, 0) is 16.6 Å². The van der Waals surface area contributed by atoms with Crippen LogP contribution in [0, 0.1) is 0 Å². The Morgan fingerprint density at radius 3 is 2.34 bits per heavy atom. The van der Waals surface area contributed by atoms with E-state index in [4.69, 9.17) is 4.42 Å². The third kappa shape index (κ3) is 6.01. The molecule has 1 saturated heterocycles. The number of sulfonamides is 1. The fraction of sp³-hybridized carbons (Fsp3) is 0.429. The largest absolute Gasteiger partial charge is 0.459 e. The summed E-state index contributed by atoms with van der Waals surface area (Å²) < 4.78 is 31.7. The summed E-state index contributed by atoms with van der Waals surface area (Å²) >= 11 is 0. The molecule has 0 spiro atoms. The van der Waals surface area contributed by atoms with Gasteiger partial charge in [-0.15, -0.1) is 24.0 Å². The molecule has 0 unspecified atom stereocenters. The Balaban J connectivity index is 0.00000363. The molecule has 2 aromatic rings. The van der Waals surface area contributed by atoms with Crippen LogP contribution in [0.5, 0.6) is 0 Å². The number of halogens is 1. The first kappa shape index (κ1) is 26.1. The third-order valence-corrected chi connectivity index (χ3v) is 6.98. The fourth-order valence-corrected chi connectivity index (χ4v) is 4.45. The summed E-state index contributed by atoms with van der Waals surface area (Å²) in [7, 11) is -0.520. The molecule has 32 heavy (non-hydrogen) atoms. The summed E-state index contributed by atoms with van der Waals surface area (Å²) in [6, 6.07) is 10.3. The predicted octanol–water partition coefficient (Wildman–Crippen LogP) is 2.07. The number of furan rings is 1. The number of carbonyl (C=O) groups is 1. The van der Waals surface area contributed by atoms with E-state index in [0.717, 1.165) is 0 Å². The van der Waals surface area contributed by atoms with Gasteiger partial charge in [-0.1, -0.05) is 18.2 Å². The molecular formula is C21H30IN5O4S. The lowest BCUT2D eigenvalue weighted by atomic mass is 10.2. The summed E-state index contributed by atoms with van der Waals surface area (Å²) in [5, 5.41) is 3.27. The number of hydrogen-bond donors (Lipinski definition) is 1. The Bertz CT molecular complexity index is 1020. The molecule has 1 aliphatic rings. The van der Waals surface area contributed by atoms with Crippen LogP contribution in [0.1, 0.15) is 23.0 Å². The van der Waals surface area contributed by atoms with E-state index < -0.39 is 10.0 Å². The SMILES string of the molecule is CCNC(=NCc1ccccc1S(=O)(=O)N(C)C)N1CCN(C(=O)c2ccco2)CC1.I. The fourth-order valence-electron chi connectivity index (χ4n) is 3.35. The standard InChI is InChI=1S/C21H29N5O4S.HI/c1-4-22-21(23-16-17-8-5-6-10-19(17)31(28,29)24(2)3)26-13-11-25(12-14-26)20(27)18-9-7-15-30-18;/h5-10,15H,4,11-14,16H2,1-3H3,(H,22,23);1H. The van der Waals surface area contributed by atoms with E-state index in [1.807, 2.05) is 13.0 Å². The lowest BCUT2D eigenvalue weighted by molar-refractivity contribution is 0.0657. The van der Waals surface area contributed by atoms with E-state index in [2.05, 4.69) is 15.2 Å². The maximum atomic E-state index is 12.6. The van der Waals surface area contributed by atoms with Crippen molar-refractivity contribution in [2.75, 3.05) is 46.8 Å². The van der Waals surface area contributed by atoms with Gasteiger partial charge in [0.1, 0.15) is 0 Å². The Morgan fingerprint density at radius 1 is 1.09 bits per heavy atom. The van der Waals surface area contributed by atoms with E-state index in [0.29, 0.717) is 50.0 Å². The number of guanidine groups is 1. The molecule has 2 heterocycles. The minimum Gasteiger partial charge on any atom is -0.459 e. The maximum absolute atomic E-state index is 12.6. The highest BCUT2D eigenvalue weighted by Gasteiger charge is 2.25. The van der Waals surface area contributed by atoms with Crippen LogP contribution < -0.4 is 5.32 Å². The van der Waals surface area contributed by atoms with Crippen molar-refractivity contribution in [1.29, 1.82) is 0 Å². The molecule has 0 saturated carbocycles. The number of amides is 1. The first-order valence-electron chi connectivity index (χ1n) is 10.2. The van der Waals surface area contributed by atoms with Crippen molar-refractivity contribution in [3.05, 3.63) is 54.0 Å². The van der Waals surface area contributed by atoms with Gasteiger partial charge in [-0.3, -0.25) is 4.79 Å². The number of hydrogen-bond acceptors (Lipinski definition) is 5. The summed E-state index contributed by atoms with van der Waals surface area (Å²) in [5.74, 6) is 0.923. The van der Waals surface area contributed by atoms with Crippen LogP contribution in [0.15, 0.2) is 57.0 Å². The summed E-state index contributed by atoms with van der Waals surface area (Å²) in [6.07, 6.45) is 1.49. The molecule has 3 rings (SSSR count).